The van der Waals surface area contributed by atoms with Gasteiger partial charge in [-0.2, -0.15) is 12.8 Å². The molecule has 1 heterocycles. The molecule has 1 aromatic carbocycles. The second-order valence-corrected chi connectivity index (χ2v) is 11.3. The minimum Gasteiger partial charge on any atom is -0.404 e. The van der Waals surface area contributed by atoms with Crippen LogP contribution in [0.5, 0.6) is 0 Å². The Bertz CT molecular complexity index is 1230. The molecule has 0 saturated heterocycles. The van der Waals surface area contributed by atoms with Crippen LogP contribution < -0.4 is 11.1 Å². The predicted octanol–water partition coefficient (Wildman–Crippen LogP) is 3.51. The van der Waals surface area contributed by atoms with Crippen LogP contribution in [0.15, 0.2) is 39.3 Å². The van der Waals surface area contributed by atoms with Gasteiger partial charge in [-0.15, -0.1) is 0 Å². The molecule has 11 heteroatoms. The molecule has 0 aliphatic heterocycles. The third-order valence-corrected chi connectivity index (χ3v) is 7.20. The van der Waals surface area contributed by atoms with Gasteiger partial charge in [0.25, 0.3) is 15.9 Å². The first-order valence-electron chi connectivity index (χ1n) is 11.1. The Labute approximate surface area is 198 Å². The van der Waals surface area contributed by atoms with Crippen molar-refractivity contribution in [3.63, 3.8) is 0 Å². The van der Waals surface area contributed by atoms with Crippen LogP contribution in [0.3, 0.4) is 0 Å². The average molecular weight is 496 g/mol. The molecule has 1 saturated carbocycles. The van der Waals surface area contributed by atoms with Crippen molar-refractivity contribution in [3.05, 3.63) is 35.8 Å². The molecule has 3 N–H and O–H groups in total. The maximum absolute atomic E-state index is 13.6. The Morgan fingerprint density at radius 1 is 1.32 bits per heavy atom. The first-order valence-corrected chi connectivity index (χ1v) is 12.5. The number of hydrogen-bond acceptors (Lipinski definition) is 5. The Hall–Kier alpha value is -2.82. The molecular weight excluding hydrogens is 464 g/mol. The monoisotopic (exact) mass is 495 g/mol. The number of aromatic nitrogens is 2. The molecule has 0 radical (unpaired) electrons. The Balaban J connectivity index is 1.97. The highest BCUT2D eigenvalue weighted by atomic mass is 32.2. The fourth-order valence-electron chi connectivity index (χ4n) is 4.08. The lowest BCUT2D eigenvalue weighted by Crippen LogP contribution is -2.28. The van der Waals surface area contributed by atoms with E-state index >= 15 is 0 Å². The van der Waals surface area contributed by atoms with Crippen molar-refractivity contribution in [1.82, 2.24) is 14.9 Å². The minimum atomic E-state index is -4.12. The maximum atomic E-state index is 13.6. The van der Waals surface area contributed by atoms with Crippen LogP contribution in [0.1, 0.15) is 52.3 Å². The second-order valence-electron chi connectivity index (χ2n) is 9.66. The van der Waals surface area contributed by atoms with Crippen LogP contribution >= 0.6 is 0 Å². The molecular formula is C23H31F2N5O3S. The molecule has 1 fully saturated rings. The smallest absolute Gasteiger partial charge is 0.282 e. The number of benzene rings is 1. The number of hydrogen-bond donors (Lipinski definition) is 2. The van der Waals surface area contributed by atoms with Crippen molar-refractivity contribution in [2.24, 2.45) is 16.0 Å². The van der Waals surface area contributed by atoms with E-state index in [1.807, 2.05) is 25.3 Å². The summed E-state index contributed by atoms with van der Waals surface area (Å²) in [4.78, 5) is 16.3. The van der Waals surface area contributed by atoms with Crippen LogP contribution in [0.2, 0.25) is 0 Å². The Kier molecular flexibility index (Phi) is 7.16. The molecule has 0 unspecified atom stereocenters. The van der Waals surface area contributed by atoms with Gasteiger partial charge in [-0.1, -0.05) is 20.8 Å². The number of nitrogens with zero attached hydrogens (tertiary/aromatic N) is 3. The van der Waals surface area contributed by atoms with E-state index in [1.54, 1.807) is 6.07 Å². The Morgan fingerprint density at radius 2 is 1.97 bits per heavy atom. The molecule has 186 valence electrons. The SMILES string of the molecule is CNC(=O)C(C=NS(=O)(=O)c1ccc2c(c1)nc(C(C)(C)C)n2CC1CCC(F)(F)CC1)=CN. The van der Waals surface area contributed by atoms with Crippen molar-refractivity contribution in [1.29, 1.82) is 0 Å². The summed E-state index contributed by atoms with van der Waals surface area (Å²) in [6.45, 7) is 6.55. The zero-order valence-corrected chi connectivity index (χ0v) is 20.6. The summed E-state index contributed by atoms with van der Waals surface area (Å²) < 4.78 is 58.4. The number of imidazole rings is 1. The van der Waals surface area contributed by atoms with E-state index in [0.29, 0.717) is 24.9 Å². The number of alkyl halides is 2. The summed E-state index contributed by atoms with van der Waals surface area (Å²) in [6.07, 6.45) is 2.49. The van der Waals surface area contributed by atoms with Gasteiger partial charge in [0.05, 0.1) is 27.7 Å². The van der Waals surface area contributed by atoms with Gasteiger partial charge < -0.3 is 15.6 Å². The molecule has 0 bridgehead atoms. The average Bonchev–Trinajstić information content (AvgIpc) is 3.13. The molecule has 2 aromatic rings. The number of amides is 1. The molecule has 8 nitrogen and oxygen atoms in total. The number of sulfonamides is 1. The maximum Gasteiger partial charge on any atom is 0.282 e. The van der Waals surface area contributed by atoms with Gasteiger partial charge in [-0.25, -0.2) is 13.8 Å². The number of carbonyl (C=O) groups is 1. The fraction of sp³-hybridized carbons (Fsp3) is 0.522. The molecule has 1 aromatic heterocycles. The van der Waals surface area contributed by atoms with Gasteiger partial charge >= 0.3 is 0 Å². The topological polar surface area (TPSA) is 119 Å². The normalized spacial score (nSPS) is 18.0. The van der Waals surface area contributed by atoms with Gasteiger partial charge in [0.15, 0.2) is 0 Å². The fourth-order valence-corrected chi connectivity index (χ4v) is 4.95. The lowest BCUT2D eigenvalue weighted by Gasteiger charge is -2.30. The summed E-state index contributed by atoms with van der Waals surface area (Å²) in [5.41, 5.74) is 6.15. The van der Waals surface area contributed by atoms with Crippen molar-refractivity contribution < 1.29 is 22.0 Å². The summed E-state index contributed by atoms with van der Waals surface area (Å²) in [5, 5.41) is 2.35. The number of halogens is 2. The van der Waals surface area contributed by atoms with Gasteiger partial charge in [-0.05, 0) is 37.0 Å². The minimum absolute atomic E-state index is 0.0769. The quantitative estimate of drug-likeness (QED) is 0.470. The lowest BCUT2D eigenvalue weighted by molar-refractivity contribution is -0.116. The molecule has 3 rings (SSSR count). The zero-order valence-electron chi connectivity index (χ0n) is 19.8. The second kappa shape index (κ2) is 9.44. The number of fused-ring (bicyclic) bond motifs is 1. The number of rotatable bonds is 6. The number of nitrogens with two attached hydrogens (primary N) is 1. The Morgan fingerprint density at radius 3 is 2.53 bits per heavy atom. The summed E-state index contributed by atoms with van der Waals surface area (Å²) in [6, 6.07) is 4.53. The van der Waals surface area contributed by atoms with E-state index in [0.717, 1.165) is 23.8 Å². The first-order chi connectivity index (χ1) is 15.8. The molecule has 0 spiro atoms. The number of nitrogens with one attached hydrogen (secondary N) is 1. The highest BCUT2D eigenvalue weighted by molar-refractivity contribution is 7.90. The van der Waals surface area contributed by atoms with Crippen LogP contribution in [-0.4, -0.2) is 43.1 Å². The van der Waals surface area contributed by atoms with Gasteiger partial charge in [-0.3, -0.25) is 4.79 Å². The predicted molar refractivity (Wildman–Crippen MR) is 127 cm³/mol. The summed E-state index contributed by atoms with van der Waals surface area (Å²) >= 11 is 0. The largest absolute Gasteiger partial charge is 0.404 e. The molecule has 1 amide bonds. The van der Waals surface area contributed by atoms with Gasteiger partial charge in [0.2, 0.25) is 5.92 Å². The molecule has 1 aliphatic rings. The highest BCUT2D eigenvalue weighted by Crippen LogP contribution is 2.38. The van der Waals surface area contributed by atoms with E-state index in [1.165, 1.54) is 19.2 Å². The standard InChI is InChI=1S/C23H31F2N5O3S/c1-22(2,3)21-29-18-11-17(34(32,33)28-13-16(12-26)20(31)27-4)5-6-19(18)30(21)14-15-7-9-23(24,25)10-8-15/h5-6,11-13,15H,7-10,14,26H2,1-4H3,(H,27,31). The number of likely N-dealkylation sites (N-methyl/N-ethyl adjacent to an activating group) is 1. The molecule has 34 heavy (non-hydrogen) atoms. The van der Waals surface area contributed by atoms with Crippen LogP contribution in [0, 0.1) is 5.92 Å². The van der Waals surface area contributed by atoms with E-state index < -0.39 is 21.9 Å². The van der Waals surface area contributed by atoms with E-state index in [9.17, 15) is 22.0 Å². The van der Waals surface area contributed by atoms with Gasteiger partial charge in [0.1, 0.15) is 5.82 Å². The van der Waals surface area contributed by atoms with Crippen LogP contribution in [0.25, 0.3) is 11.0 Å². The first kappa shape index (κ1) is 25.8. The summed E-state index contributed by atoms with van der Waals surface area (Å²) in [5.74, 6) is -2.31. The van der Waals surface area contributed by atoms with Crippen molar-refractivity contribution >= 4 is 33.2 Å². The van der Waals surface area contributed by atoms with Gasteiger partial charge in [0, 0.05) is 38.0 Å². The van der Waals surface area contributed by atoms with Crippen LogP contribution in [-0.2, 0) is 26.8 Å². The van der Waals surface area contributed by atoms with Crippen LogP contribution in [0.4, 0.5) is 8.78 Å². The van der Waals surface area contributed by atoms with E-state index in [2.05, 4.69) is 9.71 Å². The van der Waals surface area contributed by atoms with E-state index in [4.69, 9.17) is 10.7 Å². The highest BCUT2D eigenvalue weighted by Gasteiger charge is 2.35. The lowest BCUT2D eigenvalue weighted by atomic mass is 9.86. The third kappa shape index (κ3) is 5.63. The van der Waals surface area contributed by atoms with E-state index in [-0.39, 0.29) is 34.6 Å². The summed E-state index contributed by atoms with van der Waals surface area (Å²) in [7, 11) is -2.72. The van der Waals surface area contributed by atoms with Crippen molar-refractivity contribution in [2.75, 3.05) is 7.05 Å². The number of carbonyl (C=O) groups excluding carboxylic acids is 1. The third-order valence-electron chi connectivity index (χ3n) is 5.97. The molecule has 1 aliphatic carbocycles. The zero-order chi connectivity index (χ0) is 25.3. The van der Waals surface area contributed by atoms with Crippen molar-refractivity contribution in [3.8, 4) is 0 Å². The molecule has 0 atom stereocenters. The van der Waals surface area contributed by atoms with Crippen molar-refractivity contribution in [2.45, 2.75) is 69.2 Å².